The van der Waals surface area contributed by atoms with Gasteiger partial charge in [0.05, 0.1) is 17.2 Å². The topological polar surface area (TPSA) is 92.7 Å². The van der Waals surface area contributed by atoms with E-state index in [1.807, 2.05) is 17.7 Å². The Morgan fingerprint density at radius 3 is 3.00 bits per heavy atom. The van der Waals surface area contributed by atoms with E-state index in [2.05, 4.69) is 20.3 Å². The molecule has 2 N–H and O–H groups in total. The predicted molar refractivity (Wildman–Crippen MR) is 86.1 cm³/mol. The molecule has 118 valence electrons. The molecule has 0 radical (unpaired) electrons. The second kappa shape index (κ2) is 6.43. The minimum atomic E-state index is -0.384. The Kier molecular flexibility index (Phi) is 4.18. The van der Waals surface area contributed by atoms with Crippen molar-refractivity contribution in [1.82, 2.24) is 24.8 Å². The summed E-state index contributed by atoms with van der Waals surface area (Å²) in [5, 5.41) is 3.27. The number of imidazole rings is 1. The molecule has 0 saturated carbocycles. The van der Waals surface area contributed by atoms with Crippen LogP contribution in [0.5, 0.6) is 0 Å². The molecule has 7 nitrogen and oxygen atoms in total. The highest BCUT2D eigenvalue weighted by Crippen LogP contribution is 2.06. The van der Waals surface area contributed by atoms with Crippen molar-refractivity contribution in [3.05, 3.63) is 59.2 Å². The maximum atomic E-state index is 12.2. The molecule has 3 aromatic rings. The van der Waals surface area contributed by atoms with E-state index < -0.39 is 0 Å². The molecule has 1 atom stereocenters. The summed E-state index contributed by atoms with van der Waals surface area (Å²) in [6.45, 7) is 3.26. The zero-order valence-corrected chi connectivity index (χ0v) is 12.7. The molecule has 0 unspecified atom stereocenters. The van der Waals surface area contributed by atoms with Crippen molar-refractivity contribution in [3.63, 3.8) is 0 Å². The van der Waals surface area contributed by atoms with Gasteiger partial charge in [-0.15, -0.1) is 0 Å². The van der Waals surface area contributed by atoms with Gasteiger partial charge < -0.3 is 14.9 Å². The van der Waals surface area contributed by atoms with Crippen molar-refractivity contribution in [1.29, 1.82) is 0 Å². The van der Waals surface area contributed by atoms with Gasteiger partial charge in [0.2, 0.25) is 0 Å². The van der Waals surface area contributed by atoms with Crippen LogP contribution in [0.15, 0.2) is 47.8 Å². The van der Waals surface area contributed by atoms with Crippen LogP contribution in [-0.4, -0.2) is 32.0 Å². The predicted octanol–water partition coefficient (Wildman–Crippen LogP) is 1.19. The molecule has 3 rings (SSSR count). The SMILES string of the molecule is C[C@@H](CNC(=O)c1nc2ccccc2c(=O)[nH]1)Cn1ccnc1. The first-order valence-corrected chi connectivity index (χ1v) is 7.36. The van der Waals surface area contributed by atoms with Gasteiger partial charge in [-0.05, 0) is 18.1 Å². The fourth-order valence-corrected chi connectivity index (χ4v) is 2.36. The van der Waals surface area contributed by atoms with E-state index >= 15 is 0 Å². The minimum Gasteiger partial charge on any atom is -0.349 e. The van der Waals surface area contributed by atoms with Crippen LogP contribution < -0.4 is 10.9 Å². The zero-order chi connectivity index (χ0) is 16.2. The average Bonchev–Trinajstić information content (AvgIpc) is 3.05. The van der Waals surface area contributed by atoms with Crippen LogP contribution in [0.25, 0.3) is 10.9 Å². The summed E-state index contributed by atoms with van der Waals surface area (Å²) in [7, 11) is 0. The number of rotatable bonds is 5. The number of para-hydroxylation sites is 1. The van der Waals surface area contributed by atoms with Crippen molar-refractivity contribution < 1.29 is 4.79 Å². The van der Waals surface area contributed by atoms with Crippen molar-refractivity contribution in [2.45, 2.75) is 13.5 Å². The number of fused-ring (bicyclic) bond motifs is 1. The van der Waals surface area contributed by atoms with Crippen molar-refractivity contribution in [2.24, 2.45) is 5.92 Å². The lowest BCUT2D eigenvalue weighted by Crippen LogP contribution is -2.32. The molecule has 0 aliphatic carbocycles. The molecule has 0 aliphatic heterocycles. The number of nitrogens with zero attached hydrogens (tertiary/aromatic N) is 3. The summed E-state index contributed by atoms with van der Waals surface area (Å²) in [6, 6.07) is 6.93. The van der Waals surface area contributed by atoms with Gasteiger partial charge in [0.25, 0.3) is 11.5 Å². The standard InChI is InChI=1S/C16H17N5O2/c1-11(9-21-7-6-17-10-21)8-18-16(23)14-19-13-5-3-2-4-12(13)15(22)20-14/h2-7,10-11H,8-9H2,1H3,(H,18,23)(H,19,20,22)/t11-/m0/s1. The third-order valence-corrected chi connectivity index (χ3v) is 3.52. The van der Waals surface area contributed by atoms with E-state index in [-0.39, 0.29) is 23.2 Å². The normalized spacial score (nSPS) is 12.2. The minimum absolute atomic E-state index is 0.0310. The van der Waals surface area contributed by atoms with E-state index in [1.54, 1.807) is 36.8 Å². The van der Waals surface area contributed by atoms with Crippen LogP contribution in [-0.2, 0) is 6.54 Å². The molecular formula is C16H17N5O2. The second-order valence-corrected chi connectivity index (χ2v) is 5.51. The Morgan fingerprint density at radius 2 is 2.22 bits per heavy atom. The molecule has 0 bridgehead atoms. The molecule has 2 heterocycles. The lowest BCUT2D eigenvalue weighted by atomic mass is 10.2. The number of nitrogens with one attached hydrogen (secondary N) is 2. The highest BCUT2D eigenvalue weighted by atomic mass is 16.2. The van der Waals surface area contributed by atoms with Crippen molar-refractivity contribution in [3.8, 4) is 0 Å². The van der Waals surface area contributed by atoms with E-state index in [9.17, 15) is 9.59 Å². The average molecular weight is 311 g/mol. The zero-order valence-electron chi connectivity index (χ0n) is 12.7. The third-order valence-electron chi connectivity index (χ3n) is 3.52. The molecule has 1 aromatic carbocycles. The Balaban J connectivity index is 1.67. The summed E-state index contributed by atoms with van der Waals surface area (Å²) in [5.41, 5.74) is 0.195. The van der Waals surface area contributed by atoms with E-state index in [1.165, 1.54) is 0 Å². The fraction of sp³-hybridized carbons (Fsp3) is 0.250. The molecular weight excluding hydrogens is 294 g/mol. The van der Waals surface area contributed by atoms with Crippen LogP contribution >= 0.6 is 0 Å². The Bertz CT molecular complexity index is 870. The largest absolute Gasteiger partial charge is 0.349 e. The van der Waals surface area contributed by atoms with Gasteiger partial charge in [0.15, 0.2) is 5.82 Å². The lowest BCUT2D eigenvalue weighted by molar-refractivity contribution is 0.0936. The van der Waals surface area contributed by atoms with Crippen molar-refractivity contribution in [2.75, 3.05) is 6.54 Å². The van der Waals surface area contributed by atoms with Gasteiger partial charge in [0, 0.05) is 25.5 Å². The molecule has 0 aliphatic rings. The summed E-state index contributed by atoms with van der Waals surface area (Å²) >= 11 is 0. The van der Waals surface area contributed by atoms with E-state index in [0.717, 1.165) is 6.54 Å². The van der Waals surface area contributed by atoms with Crippen LogP contribution in [0.3, 0.4) is 0 Å². The first-order chi connectivity index (χ1) is 11.1. The Labute approximate surface area is 132 Å². The summed E-state index contributed by atoms with van der Waals surface area (Å²) < 4.78 is 1.95. The van der Waals surface area contributed by atoms with Gasteiger partial charge >= 0.3 is 0 Å². The highest BCUT2D eigenvalue weighted by molar-refractivity contribution is 5.92. The number of carbonyl (C=O) groups excluding carboxylic acids is 1. The monoisotopic (exact) mass is 311 g/mol. The Morgan fingerprint density at radius 1 is 1.39 bits per heavy atom. The lowest BCUT2D eigenvalue weighted by Gasteiger charge is -2.13. The molecule has 2 aromatic heterocycles. The van der Waals surface area contributed by atoms with Crippen LogP contribution in [0.4, 0.5) is 0 Å². The number of hydrogen-bond acceptors (Lipinski definition) is 4. The molecule has 0 fully saturated rings. The van der Waals surface area contributed by atoms with Crippen molar-refractivity contribution >= 4 is 16.8 Å². The number of carbonyl (C=O) groups is 1. The molecule has 1 amide bonds. The molecule has 23 heavy (non-hydrogen) atoms. The summed E-state index contributed by atoms with van der Waals surface area (Å²) in [4.78, 5) is 34.9. The summed E-state index contributed by atoms with van der Waals surface area (Å²) in [6.07, 6.45) is 5.33. The van der Waals surface area contributed by atoms with Gasteiger partial charge in [-0.1, -0.05) is 19.1 Å². The van der Waals surface area contributed by atoms with Gasteiger partial charge in [-0.2, -0.15) is 0 Å². The van der Waals surface area contributed by atoms with Gasteiger partial charge in [-0.25, -0.2) is 9.97 Å². The third kappa shape index (κ3) is 3.45. The fourth-order valence-electron chi connectivity index (χ4n) is 2.36. The van der Waals surface area contributed by atoms with Crippen LogP contribution in [0.1, 0.15) is 17.5 Å². The molecule has 0 spiro atoms. The summed E-state index contributed by atoms with van der Waals surface area (Å²) in [5.74, 6) is -0.130. The quantitative estimate of drug-likeness (QED) is 0.740. The smallest absolute Gasteiger partial charge is 0.287 e. The number of aromatic amines is 1. The number of amides is 1. The first-order valence-electron chi connectivity index (χ1n) is 7.36. The number of hydrogen-bond donors (Lipinski definition) is 2. The molecule has 7 heteroatoms. The number of H-pyrrole nitrogens is 1. The number of aromatic nitrogens is 4. The Hall–Kier alpha value is -2.96. The first kappa shape index (κ1) is 15.0. The van der Waals surface area contributed by atoms with Gasteiger partial charge in [-0.3, -0.25) is 9.59 Å². The maximum Gasteiger partial charge on any atom is 0.287 e. The van der Waals surface area contributed by atoms with Crippen LogP contribution in [0, 0.1) is 5.92 Å². The highest BCUT2D eigenvalue weighted by Gasteiger charge is 2.12. The molecule has 0 saturated heterocycles. The van der Waals surface area contributed by atoms with Gasteiger partial charge in [0.1, 0.15) is 0 Å². The van der Waals surface area contributed by atoms with Crippen LogP contribution in [0.2, 0.25) is 0 Å². The van der Waals surface area contributed by atoms with E-state index in [4.69, 9.17) is 0 Å². The number of benzene rings is 1. The maximum absolute atomic E-state index is 12.2. The van der Waals surface area contributed by atoms with E-state index in [0.29, 0.717) is 17.4 Å². The second-order valence-electron chi connectivity index (χ2n) is 5.51.